The lowest BCUT2D eigenvalue weighted by Crippen LogP contribution is -2.22. The standard InChI is InChI=1S/C17H11Cl2NO2S2/c18-11-6-10(7-12(19)8-11)17(22)20-9-13-3-4-15(24-13)16(21)14-2-1-5-23-14/h1-8H,9H2,(H,20,22). The van der Waals surface area contributed by atoms with Crippen LogP contribution in [0.5, 0.6) is 0 Å². The van der Waals surface area contributed by atoms with Gasteiger partial charge in [-0.3, -0.25) is 9.59 Å². The van der Waals surface area contributed by atoms with Crippen LogP contribution in [0.3, 0.4) is 0 Å². The van der Waals surface area contributed by atoms with Crippen molar-refractivity contribution in [1.82, 2.24) is 5.32 Å². The first kappa shape index (κ1) is 17.2. The average Bonchev–Trinajstić information content (AvgIpc) is 3.22. The fourth-order valence-electron chi connectivity index (χ4n) is 2.08. The molecule has 0 aliphatic rings. The lowest BCUT2D eigenvalue weighted by atomic mass is 10.2. The molecule has 3 nitrogen and oxygen atoms in total. The molecule has 1 amide bonds. The van der Waals surface area contributed by atoms with E-state index in [1.807, 2.05) is 17.5 Å². The van der Waals surface area contributed by atoms with Gasteiger partial charge in [0.25, 0.3) is 5.91 Å². The first-order chi connectivity index (χ1) is 11.5. The Balaban J connectivity index is 1.65. The van der Waals surface area contributed by atoms with Gasteiger partial charge < -0.3 is 5.32 Å². The van der Waals surface area contributed by atoms with Crippen LogP contribution in [0, 0.1) is 0 Å². The van der Waals surface area contributed by atoms with E-state index in [9.17, 15) is 9.59 Å². The number of carbonyl (C=O) groups excluding carboxylic acids is 2. The van der Waals surface area contributed by atoms with E-state index in [2.05, 4.69) is 5.32 Å². The summed E-state index contributed by atoms with van der Waals surface area (Å²) in [4.78, 5) is 26.7. The number of ketones is 1. The Morgan fingerprint density at radius 2 is 1.75 bits per heavy atom. The van der Waals surface area contributed by atoms with Crippen LogP contribution in [0.4, 0.5) is 0 Å². The third-order valence-electron chi connectivity index (χ3n) is 3.18. The summed E-state index contributed by atoms with van der Waals surface area (Å²) in [5.74, 6) is -0.256. The smallest absolute Gasteiger partial charge is 0.251 e. The van der Waals surface area contributed by atoms with Gasteiger partial charge in [0.05, 0.1) is 16.3 Å². The summed E-state index contributed by atoms with van der Waals surface area (Å²) in [6, 6.07) is 12.0. The van der Waals surface area contributed by atoms with Gasteiger partial charge in [0.15, 0.2) is 0 Å². The highest BCUT2D eigenvalue weighted by Crippen LogP contribution is 2.23. The Morgan fingerprint density at radius 3 is 2.42 bits per heavy atom. The number of carbonyl (C=O) groups is 2. The summed E-state index contributed by atoms with van der Waals surface area (Å²) in [5, 5.41) is 5.49. The fraction of sp³-hybridized carbons (Fsp3) is 0.0588. The van der Waals surface area contributed by atoms with Crippen molar-refractivity contribution in [3.63, 3.8) is 0 Å². The second-order valence-corrected chi connectivity index (χ2v) is 7.90. The van der Waals surface area contributed by atoms with E-state index in [4.69, 9.17) is 23.2 Å². The first-order valence-electron chi connectivity index (χ1n) is 6.94. The normalized spacial score (nSPS) is 10.6. The molecule has 0 aliphatic heterocycles. The lowest BCUT2D eigenvalue weighted by Gasteiger charge is -2.05. The van der Waals surface area contributed by atoms with Gasteiger partial charge in [0.2, 0.25) is 5.78 Å². The van der Waals surface area contributed by atoms with Gasteiger partial charge >= 0.3 is 0 Å². The summed E-state index contributed by atoms with van der Waals surface area (Å²) in [7, 11) is 0. The molecule has 7 heteroatoms. The quantitative estimate of drug-likeness (QED) is 0.597. The van der Waals surface area contributed by atoms with Crippen LogP contribution in [0.1, 0.15) is 29.8 Å². The van der Waals surface area contributed by atoms with E-state index in [0.29, 0.717) is 31.9 Å². The SMILES string of the molecule is O=C(NCc1ccc(C(=O)c2cccs2)s1)c1cc(Cl)cc(Cl)c1. The molecule has 0 spiro atoms. The molecule has 0 radical (unpaired) electrons. The Morgan fingerprint density at radius 1 is 1.00 bits per heavy atom. The highest BCUT2D eigenvalue weighted by Gasteiger charge is 2.13. The van der Waals surface area contributed by atoms with Crippen molar-refractivity contribution in [2.75, 3.05) is 0 Å². The van der Waals surface area contributed by atoms with Gasteiger partial charge in [-0.05, 0) is 41.8 Å². The number of rotatable bonds is 5. The van der Waals surface area contributed by atoms with Crippen LogP contribution in [-0.4, -0.2) is 11.7 Å². The second-order valence-electron chi connectivity index (χ2n) is 4.91. The average molecular weight is 396 g/mol. The monoisotopic (exact) mass is 395 g/mol. The molecule has 2 aromatic heterocycles. The molecule has 122 valence electrons. The van der Waals surface area contributed by atoms with Crippen molar-refractivity contribution < 1.29 is 9.59 Å². The molecule has 24 heavy (non-hydrogen) atoms. The topological polar surface area (TPSA) is 46.2 Å². The summed E-state index contributed by atoms with van der Waals surface area (Å²) in [5.41, 5.74) is 0.402. The zero-order valence-corrected chi connectivity index (χ0v) is 15.4. The number of benzene rings is 1. The summed E-state index contributed by atoms with van der Waals surface area (Å²) in [6.45, 7) is 0.339. The Hall–Kier alpha value is -1.66. The summed E-state index contributed by atoms with van der Waals surface area (Å²) in [6.07, 6.45) is 0. The molecule has 1 aromatic carbocycles. The maximum absolute atomic E-state index is 12.3. The van der Waals surface area contributed by atoms with Crippen molar-refractivity contribution in [3.05, 3.63) is 78.1 Å². The summed E-state index contributed by atoms with van der Waals surface area (Å²) < 4.78 is 0. The van der Waals surface area contributed by atoms with Gasteiger partial charge in [-0.1, -0.05) is 29.3 Å². The Kier molecular flexibility index (Phi) is 5.36. The van der Waals surface area contributed by atoms with Crippen molar-refractivity contribution in [3.8, 4) is 0 Å². The Bertz CT molecular complexity index is 868. The van der Waals surface area contributed by atoms with Crippen LogP contribution in [0.15, 0.2) is 47.8 Å². The van der Waals surface area contributed by atoms with Crippen LogP contribution >= 0.6 is 45.9 Å². The van der Waals surface area contributed by atoms with Gasteiger partial charge in [0, 0.05) is 20.5 Å². The second kappa shape index (κ2) is 7.49. The molecule has 0 fully saturated rings. The molecule has 0 atom stereocenters. The molecule has 3 aromatic rings. The molecule has 0 saturated carbocycles. The van der Waals surface area contributed by atoms with Crippen molar-refractivity contribution in [2.24, 2.45) is 0 Å². The van der Waals surface area contributed by atoms with Crippen molar-refractivity contribution in [1.29, 1.82) is 0 Å². The molecule has 0 saturated heterocycles. The minimum Gasteiger partial charge on any atom is -0.347 e. The molecule has 3 rings (SSSR count). The number of hydrogen-bond donors (Lipinski definition) is 1. The highest BCUT2D eigenvalue weighted by atomic mass is 35.5. The molecule has 1 N–H and O–H groups in total. The maximum Gasteiger partial charge on any atom is 0.251 e. The number of hydrogen-bond acceptors (Lipinski definition) is 4. The Labute approximate surface area is 156 Å². The maximum atomic E-state index is 12.3. The van der Waals surface area contributed by atoms with Crippen molar-refractivity contribution in [2.45, 2.75) is 6.54 Å². The first-order valence-corrected chi connectivity index (χ1v) is 9.39. The minimum absolute atomic E-state index is 0.00852. The van der Waals surface area contributed by atoms with Crippen LogP contribution < -0.4 is 5.32 Å². The fourth-order valence-corrected chi connectivity index (χ4v) is 4.25. The van der Waals surface area contributed by atoms with E-state index in [-0.39, 0.29) is 11.7 Å². The van der Waals surface area contributed by atoms with E-state index in [0.717, 1.165) is 4.88 Å². The minimum atomic E-state index is -0.265. The molecule has 0 bridgehead atoms. The summed E-state index contributed by atoms with van der Waals surface area (Å²) >= 11 is 14.6. The van der Waals surface area contributed by atoms with Crippen LogP contribution in [0.2, 0.25) is 10.0 Å². The molecule has 0 unspecified atom stereocenters. The number of amides is 1. The highest BCUT2D eigenvalue weighted by molar-refractivity contribution is 7.16. The molecular formula is C17H11Cl2NO2S2. The molecule has 0 aliphatic carbocycles. The van der Waals surface area contributed by atoms with Gasteiger partial charge in [-0.15, -0.1) is 22.7 Å². The number of thiophene rings is 2. The predicted octanol–water partition coefficient (Wildman–Crippen LogP) is 5.28. The largest absolute Gasteiger partial charge is 0.347 e. The van der Waals surface area contributed by atoms with E-state index in [1.54, 1.807) is 30.3 Å². The molecular weight excluding hydrogens is 385 g/mol. The van der Waals surface area contributed by atoms with Crippen LogP contribution in [0.25, 0.3) is 0 Å². The lowest BCUT2D eigenvalue weighted by molar-refractivity contribution is 0.0950. The van der Waals surface area contributed by atoms with E-state index in [1.165, 1.54) is 22.7 Å². The van der Waals surface area contributed by atoms with E-state index >= 15 is 0 Å². The predicted molar refractivity (Wildman–Crippen MR) is 99.7 cm³/mol. The number of nitrogens with one attached hydrogen (secondary N) is 1. The van der Waals surface area contributed by atoms with Crippen molar-refractivity contribution >= 4 is 57.6 Å². The van der Waals surface area contributed by atoms with Crippen LogP contribution in [-0.2, 0) is 6.54 Å². The number of halogens is 2. The van der Waals surface area contributed by atoms with Gasteiger partial charge in [0.1, 0.15) is 0 Å². The zero-order chi connectivity index (χ0) is 17.1. The van der Waals surface area contributed by atoms with Gasteiger partial charge in [-0.2, -0.15) is 0 Å². The molecule has 2 heterocycles. The van der Waals surface area contributed by atoms with E-state index < -0.39 is 0 Å². The van der Waals surface area contributed by atoms with Gasteiger partial charge in [-0.25, -0.2) is 0 Å². The third kappa shape index (κ3) is 4.05. The zero-order valence-electron chi connectivity index (χ0n) is 12.2. The third-order valence-corrected chi connectivity index (χ3v) is 5.57.